The molecule has 14 heteroatoms. The molecule has 9 N–H and O–H groups in total. The van der Waals surface area contributed by atoms with E-state index in [0.29, 0.717) is 25.7 Å². The zero-order chi connectivity index (χ0) is 45.9. The third-order valence-electron chi connectivity index (χ3n) is 11.4. The highest BCUT2D eigenvalue weighted by molar-refractivity contribution is 7.47. The van der Waals surface area contributed by atoms with Gasteiger partial charge in [-0.1, -0.05) is 159 Å². The Morgan fingerprint density at radius 3 is 1.42 bits per heavy atom. The van der Waals surface area contributed by atoms with Crippen LogP contribution in [0.15, 0.2) is 48.6 Å². The molecule has 13 nitrogen and oxygen atoms in total. The van der Waals surface area contributed by atoms with Gasteiger partial charge in [-0.25, -0.2) is 4.57 Å². The topological polar surface area (TPSA) is 226 Å². The van der Waals surface area contributed by atoms with Crippen LogP contribution >= 0.6 is 7.82 Å². The van der Waals surface area contributed by atoms with Crippen molar-refractivity contribution in [1.82, 2.24) is 5.32 Å². The molecule has 1 rings (SSSR count). The minimum atomic E-state index is -5.16. The predicted octanol–water partition coefficient (Wildman–Crippen LogP) is 8.31. The molecule has 0 bridgehead atoms. The number of hydrogen-bond acceptors (Lipinski definition) is 11. The van der Waals surface area contributed by atoms with Gasteiger partial charge in [0.2, 0.25) is 5.91 Å². The summed E-state index contributed by atoms with van der Waals surface area (Å²) < 4.78 is 22.8. The second kappa shape index (κ2) is 37.5. The van der Waals surface area contributed by atoms with Crippen LogP contribution in [0.4, 0.5) is 0 Å². The standard InChI is InChI=1S/C48H88NO12P/c1-3-5-7-9-11-13-15-16-17-18-19-20-21-22-23-24-26-28-30-32-34-36-41(51)40(38-60-62(58,59)61-48-46(56)44(54)43(53)45(55)47(48)57)49-42(52)37-39(50)35-33-31-29-27-25-14-12-10-8-6-4-2/h21-22,26-29,34,36,39-41,43-48,50-51,53-57H,3-20,23-25,30-33,35,37-38H2,1-2H3,(H,49,52)(H,58,59)/b22-21+,28-26+,29-27-,36-34+. The summed E-state index contributed by atoms with van der Waals surface area (Å²) in [4.78, 5) is 23.4. The third kappa shape index (κ3) is 28.9. The zero-order valence-corrected chi connectivity index (χ0v) is 39.2. The number of allylic oxidation sites excluding steroid dienone is 7. The fraction of sp³-hybridized carbons (Fsp3) is 0.812. The molecular weight excluding hydrogens is 813 g/mol. The van der Waals surface area contributed by atoms with Crippen LogP contribution in [0.5, 0.6) is 0 Å². The van der Waals surface area contributed by atoms with Gasteiger partial charge in [0.15, 0.2) is 0 Å². The maximum atomic E-state index is 13.0. The van der Waals surface area contributed by atoms with E-state index in [1.807, 2.05) is 0 Å². The van der Waals surface area contributed by atoms with E-state index in [1.165, 1.54) is 109 Å². The van der Waals surface area contributed by atoms with E-state index in [1.54, 1.807) is 6.08 Å². The van der Waals surface area contributed by atoms with Gasteiger partial charge in [0, 0.05) is 0 Å². The number of hydrogen-bond donors (Lipinski definition) is 9. The van der Waals surface area contributed by atoms with Crippen molar-refractivity contribution in [3.63, 3.8) is 0 Å². The molecule has 0 aromatic rings. The number of aliphatic hydroxyl groups excluding tert-OH is 7. The van der Waals surface area contributed by atoms with E-state index >= 15 is 0 Å². The van der Waals surface area contributed by atoms with Crippen LogP contribution in [0.25, 0.3) is 0 Å². The summed E-state index contributed by atoms with van der Waals surface area (Å²) in [6.07, 6.45) is 30.7. The van der Waals surface area contributed by atoms with E-state index in [2.05, 4.69) is 55.6 Å². The molecule has 0 aromatic heterocycles. The Labute approximate surface area is 374 Å². The summed E-state index contributed by atoms with van der Waals surface area (Å²) in [5, 5.41) is 74.4. The first-order valence-electron chi connectivity index (χ1n) is 24.2. The Morgan fingerprint density at radius 2 is 0.952 bits per heavy atom. The first kappa shape index (κ1) is 58.3. The Hall–Kier alpha value is -1.74. The zero-order valence-electron chi connectivity index (χ0n) is 38.3. The van der Waals surface area contributed by atoms with Gasteiger partial charge in [-0.2, -0.15) is 0 Å². The second-order valence-electron chi connectivity index (χ2n) is 17.1. The van der Waals surface area contributed by atoms with Gasteiger partial charge in [-0.05, 0) is 70.6 Å². The molecule has 1 saturated carbocycles. The second-order valence-corrected chi connectivity index (χ2v) is 18.5. The lowest BCUT2D eigenvalue weighted by Crippen LogP contribution is -2.64. The molecular formula is C48H88NO12P. The number of nitrogens with one attached hydrogen (secondary N) is 1. The molecule has 1 aliphatic carbocycles. The summed E-state index contributed by atoms with van der Waals surface area (Å²) in [5.74, 6) is -0.625. The van der Waals surface area contributed by atoms with Gasteiger partial charge in [-0.3, -0.25) is 13.8 Å². The van der Waals surface area contributed by atoms with E-state index in [4.69, 9.17) is 9.05 Å². The number of unbranched alkanes of at least 4 members (excludes halogenated alkanes) is 20. The molecule has 1 aliphatic rings. The highest BCUT2D eigenvalue weighted by atomic mass is 31.2. The summed E-state index contributed by atoms with van der Waals surface area (Å²) in [5.41, 5.74) is 0. The average Bonchev–Trinajstić information content (AvgIpc) is 3.24. The SMILES string of the molecule is CCCCCCCC/C=C\CCCC(O)CC(=O)NC(COP(=O)(O)OC1C(O)C(O)C(O)C(O)C1O)C(O)/C=C/CC/C=C/CC/C=C/CCCCCCCCCCCCC. The van der Waals surface area contributed by atoms with Crippen molar-refractivity contribution in [2.75, 3.05) is 6.61 Å². The van der Waals surface area contributed by atoms with Crippen molar-refractivity contribution in [1.29, 1.82) is 0 Å². The molecule has 8 atom stereocenters. The normalized spacial score (nSPS) is 23.5. The number of phosphoric ester groups is 1. The number of aliphatic hydroxyl groups is 7. The van der Waals surface area contributed by atoms with Crippen LogP contribution in [0.3, 0.4) is 0 Å². The summed E-state index contributed by atoms with van der Waals surface area (Å²) in [7, 11) is -5.16. The van der Waals surface area contributed by atoms with Crippen molar-refractivity contribution in [2.24, 2.45) is 0 Å². The highest BCUT2D eigenvalue weighted by Gasteiger charge is 2.51. The monoisotopic (exact) mass is 902 g/mol. The van der Waals surface area contributed by atoms with E-state index < -0.39 is 75.2 Å². The number of rotatable bonds is 39. The third-order valence-corrected chi connectivity index (χ3v) is 12.3. The number of carbonyl (C=O) groups is 1. The summed E-state index contributed by atoms with van der Waals surface area (Å²) in [6, 6.07) is -1.27. The summed E-state index contributed by atoms with van der Waals surface area (Å²) >= 11 is 0. The van der Waals surface area contributed by atoms with Gasteiger partial charge >= 0.3 is 7.82 Å². The van der Waals surface area contributed by atoms with Crippen LogP contribution < -0.4 is 5.32 Å². The lowest BCUT2D eigenvalue weighted by Gasteiger charge is -2.41. The molecule has 0 saturated heterocycles. The van der Waals surface area contributed by atoms with Crippen molar-refractivity contribution in [3.05, 3.63) is 48.6 Å². The molecule has 8 unspecified atom stereocenters. The molecule has 62 heavy (non-hydrogen) atoms. The molecule has 0 spiro atoms. The van der Waals surface area contributed by atoms with Gasteiger partial charge in [0.1, 0.15) is 36.6 Å². The quantitative estimate of drug-likeness (QED) is 0.0161. The molecule has 1 fully saturated rings. The van der Waals surface area contributed by atoms with Gasteiger partial charge < -0.3 is 46.0 Å². The molecule has 362 valence electrons. The van der Waals surface area contributed by atoms with Crippen LogP contribution in [0, 0.1) is 0 Å². The number of amides is 1. The largest absolute Gasteiger partial charge is 0.472 e. The molecule has 0 radical (unpaired) electrons. The number of carbonyl (C=O) groups excluding carboxylic acids is 1. The Balaban J connectivity index is 2.57. The van der Waals surface area contributed by atoms with Crippen molar-refractivity contribution in [3.8, 4) is 0 Å². The maximum absolute atomic E-state index is 13.0. The van der Waals surface area contributed by atoms with Crippen LogP contribution in [0.2, 0.25) is 0 Å². The van der Waals surface area contributed by atoms with E-state index in [9.17, 15) is 50.0 Å². The van der Waals surface area contributed by atoms with Crippen molar-refractivity contribution < 1.29 is 59.0 Å². The van der Waals surface area contributed by atoms with Gasteiger partial charge in [-0.15, -0.1) is 0 Å². The lowest BCUT2D eigenvalue weighted by atomic mass is 9.85. The minimum Gasteiger partial charge on any atom is -0.393 e. The number of phosphoric acid groups is 1. The summed E-state index contributed by atoms with van der Waals surface area (Å²) in [6.45, 7) is 3.70. The average molecular weight is 902 g/mol. The molecule has 0 aliphatic heterocycles. The van der Waals surface area contributed by atoms with Crippen LogP contribution in [-0.2, 0) is 18.4 Å². The highest BCUT2D eigenvalue weighted by Crippen LogP contribution is 2.47. The van der Waals surface area contributed by atoms with Crippen LogP contribution in [0.1, 0.15) is 187 Å². The first-order chi connectivity index (χ1) is 29.8. The van der Waals surface area contributed by atoms with Gasteiger partial charge in [0.25, 0.3) is 0 Å². The Kier molecular flexibility index (Phi) is 35.2. The Bertz CT molecular complexity index is 1250. The molecule has 0 heterocycles. The molecule has 0 aromatic carbocycles. The van der Waals surface area contributed by atoms with Crippen LogP contribution in [-0.4, -0.2) is 108 Å². The fourth-order valence-corrected chi connectivity index (χ4v) is 8.36. The minimum absolute atomic E-state index is 0.278. The molecule has 1 amide bonds. The smallest absolute Gasteiger partial charge is 0.393 e. The van der Waals surface area contributed by atoms with Gasteiger partial charge in [0.05, 0.1) is 31.3 Å². The predicted molar refractivity (Wildman–Crippen MR) is 247 cm³/mol. The first-order valence-corrected chi connectivity index (χ1v) is 25.7. The van der Waals surface area contributed by atoms with E-state index in [-0.39, 0.29) is 6.42 Å². The van der Waals surface area contributed by atoms with Crippen molar-refractivity contribution >= 4 is 13.7 Å². The lowest BCUT2D eigenvalue weighted by molar-refractivity contribution is -0.220. The van der Waals surface area contributed by atoms with E-state index in [0.717, 1.165) is 38.5 Å². The maximum Gasteiger partial charge on any atom is 0.472 e. The fourth-order valence-electron chi connectivity index (χ4n) is 7.39. The van der Waals surface area contributed by atoms with Crippen molar-refractivity contribution in [2.45, 2.75) is 242 Å². The Morgan fingerprint density at radius 1 is 0.565 bits per heavy atom.